The smallest absolute Gasteiger partial charge is 0.385 e. The lowest BCUT2D eigenvalue weighted by atomic mass is 9.66. The molecule has 1 aromatic heterocycles. The van der Waals surface area contributed by atoms with Crippen LogP contribution in [0.1, 0.15) is 53.7 Å². The van der Waals surface area contributed by atoms with Crippen molar-refractivity contribution in [1.82, 2.24) is 9.88 Å². The van der Waals surface area contributed by atoms with Gasteiger partial charge in [-0.2, -0.15) is 13.2 Å². The number of benzene rings is 1. The number of piperidine rings is 1. The van der Waals surface area contributed by atoms with E-state index >= 15 is 0 Å². The molecule has 29 heavy (non-hydrogen) atoms. The molecule has 1 aliphatic heterocycles. The van der Waals surface area contributed by atoms with Gasteiger partial charge in [0.25, 0.3) is 5.91 Å². The third kappa shape index (κ3) is 3.64. The maximum atomic E-state index is 13.1. The summed E-state index contributed by atoms with van der Waals surface area (Å²) in [5.41, 5.74) is -1.00. The standard InChI is InChI=1S/C22H23F3N2O2/c23-22(24,25)19-11-10-15(14-26-19)20(28)27-13-12-21(29,16-6-2-1-3-7-16)17-8-4-5-9-18(17)27/h1-3,6-7,10-11,14,17-18,29H,4-5,8-9,12-13H2/t17-,18-,21?/m0/s1. The van der Waals surface area contributed by atoms with Crippen LogP contribution in [0.4, 0.5) is 13.2 Å². The Bertz CT molecular complexity index is 870. The van der Waals surface area contributed by atoms with Crippen molar-refractivity contribution in [3.8, 4) is 0 Å². The highest BCUT2D eigenvalue weighted by atomic mass is 19.4. The fourth-order valence-electron chi connectivity index (χ4n) is 4.87. The topological polar surface area (TPSA) is 53.4 Å². The lowest BCUT2D eigenvalue weighted by Crippen LogP contribution is -2.59. The van der Waals surface area contributed by atoms with E-state index in [4.69, 9.17) is 0 Å². The predicted octanol–water partition coefficient (Wildman–Crippen LogP) is 4.39. The van der Waals surface area contributed by atoms with Crippen LogP contribution < -0.4 is 0 Å². The molecular formula is C22H23F3N2O2. The van der Waals surface area contributed by atoms with Gasteiger partial charge in [0, 0.05) is 24.7 Å². The lowest BCUT2D eigenvalue weighted by Gasteiger charge is -2.52. The van der Waals surface area contributed by atoms with Crippen LogP contribution in [-0.4, -0.2) is 33.5 Å². The summed E-state index contributed by atoms with van der Waals surface area (Å²) >= 11 is 0. The summed E-state index contributed by atoms with van der Waals surface area (Å²) in [5.74, 6) is -0.419. The number of carbonyl (C=O) groups excluding carboxylic acids is 1. The molecule has 0 spiro atoms. The van der Waals surface area contributed by atoms with E-state index in [2.05, 4.69) is 4.98 Å². The van der Waals surface area contributed by atoms with E-state index in [9.17, 15) is 23.1 Å². The van der Waals surface area contributed by atoms with Crippen molar-refractivity contribution in [2.24, 2.45) is 5.92 Å². The zero-order chi connectivity index (χ0) is 20.6. The van der Waals surface area contributed by atoms with E-state index in [0.29, 0.717) is 13.0 Å². The summed E-state index contributed by atoms with van der Waals surface area (Å²) in [6.07, 6.45) is 0.401. The maximum absolute atomic E-state index is 13.1. The molecule has 1 amide bonds. The number of fused-ring (bicyclic) bond motifs is 1. The summed E-state index contributed by atoms with van der Waals surface area (Å²) in [7, 11) is 0. The number of halogens is 3. The number of hydrogen-bond donors (Lipinski definition) is 1. The third-order valence-corrected chi connectivity index (χ3v) is 6.31. The zero-order valence-corrected chi connectivity index (χ0v) is 15.9. The van der Waals surface area contributed by atoms with Gasteiger partial charge in [0.15, 0.2) is 0 Å². The second-order valence-electron chi connectivity index (χ2n) is 7.93. The van der Waals surface area contributed by atoms with Crippen LogP contribution >= 0.6 is 0 Å². The molecule has 7 heteroatoms. The Morgan fingerprint density at radius 3 is 2.48 bits per heavy atom. The third-order valence-electron chi connectivity index (χ3n) is 6.31. The minimum absolute atomic E-state index is 0.0984. The average Bonchev–Trinajstić information content (AvgIpc) is 2.74. The van der Waals surface area contributed by atoms with Crippen LogP contribution in [0.5, 0.6) is 0 Å². The van der Waals surface area contributed by atoms with Crippen molar-refractivity contribution < 1.29 is 23.1 Å². The molecule has 4 nitrogen and oxygen atoms in total. The first-order valence-electron chi connectivity index (χ1n) is 9.93. The SMILES string of the molecule is O=C(c1ccc(C(F)(F)F)nc1)N1CCC(O)(c2ccccc2)[C@H]2CCCC[C@@H]21. The highest BCUT2D eigenvalue weighted by Crippen LogP contribution is 2.47. The van der Waals surface area contributed by atoms with Crippen molar-refractivity contribution in [3.63, 3.8) is 0 Å². The molecule has 2 heterocycles. The zero-order valence-electron chi connectivity index (χ0n) is 15.9. The van der Waals surface area contributed by atoms with Crippen molar-refractivity contribution in [2.45, 2.75) is 49.9 Å². The van der Waals surface area contributed by atoms with E-state index in [1.54, 1.807) is 4.90 Å². The molecule has 3 atom stereocenters. The number of hydrogen-bond acceptors (Lipinski definition) is 3. The molecule has 2 fully saturated rings. The number of alkyl halides is 3. The lowest BCUT2D eigenvalue weighted by molar-refractivity contribution is -0.141. The highest BCUT2D eigenvalue weighted by molar-refractivity contribution is 5.94. The Morgan fingerprint density at radius 2 is 1.83 bits per heavy atom. The molecule has 1 saturated carbocycles. The van der Waals surface area contributed by atoms with Crippen LogP contribution in [0.2, 0.25) is 0 Å². The van der Waals surface area contributed by atoms with E-state index in [1.807, 2.05) is 30.3 Å². The predicted molar refractivity (Wildman–Crippen MR) is 101 cm³/mol. The van der Waals surface area contributed by atoms with Crippen molar-refractivity contribution in [1.29, 1.82) is 0 Å². The molecule has 0 radical (unpaired) electrons. The Hall–Kier alpha value is -2.41. The summed E-state index contributed by atoms with van der Waals surface area (Å²) in [5, 5.41) is 11.6. The average molecular weight is 404 g/mol. The Kier molecular flexibility index (Phi) is 5.11. The number of likely N-dealkylation sites (tertiary alicyclic amines) is 1. The number of carbonyl (C=O) groups is 1. The van der Waals surface area contributed by atoms with Gasteiger partial charge < -0.3 is 10.0 Å². The van der Waals surface area contributed by atoms with Gasteiger partial charge in [-0.15, -0.1) is 0 Å². The van der Waals surface area contributed by atoms with Gasteiger partial charge in [-0.05, 0) is 37.0 Å². The summed E-state index contributed by atoms with van der Waals surface area (Å²) in [6, 6.07) is 11.4. The first-order valence-corrected chi connectivity index (χ1v) is 9.93. The van der Waals surface area contributed by atoms with Crippen LogP contribution in [0.15, 0.2) is 48.7 Å². The Balaban J connectivity index is 1.60. The molecule has 1 saturated heterocycles. The van der Waals surface area contributed by atoms with Gasteiger partial charge >= 0.3 is 6.18 Å². The molecule has 1 N–H and O–H groups in total. The number of pyridine rings is 1. The maximum Gasteiger partial charge on any atom is 0.433 e. The van der Waals surface area contributed by atoms with Gasteiger partial charge in [0.05, 0.1) is 11.2 Å². The first-order chi connectivity index (χ1) is 13.8. The number of amides is 1. The Labute approximate surface area is 167 Å². The molecule has 1 aliphatic carbocycles. The molecule has 2 aromatic rings. The number of aromatic nitrogens is 1. The first kappa shape index (κ1) is 19.9. The second kappa shape index (κ2) is 7.44. The number of rotatable bonds is 2. The van der Waals surface area contributed by atoms with Gasteiger partial charge in [0.1, 0.15) is 5.69 Å². The molecule has 1 unspecified atom stereocenters. The van der Waals surface area contributed by atoms with E-state index in [-0.39, 0.29) is 23.4 Å². The second-order valence-corrected chi connectivity index (χ2v) is 7.93. The number of nitrogens with zero attached hydrogens (tertiary/aromatic N) is 2. The molecule has 0 bridgehead atoms. The van der Waals surface area contributed by atoms with Crippen LogP contribution in [0.25, 0.3) is 0 Å². The monoisotopic (exact) mass is 404 g/mol. The summed E-state index contributed by atoms with van der Waals surface area (Å²) < 4.78 is 38.3. The van der Waals surface area contributed by atoms with Crippen molar-refractivity contribution >= 4 is 5.91 Å². The van der Waals surface area contributed by atoms with Crippen LogP contribution in [-0.2, 0) is 11.8 Å². The minimum atomic E-state index is -4.53. The van der Waals surface area contributed by atoms with Gasteiger partial charge in [-0.25, -0.2) is 0 Å². The van der Waals surface area contributed by atoms with Gasteiger partial charge in [-0.3, -0.25) is 9.78 Å². The van der Waals surface area contributed by atoms with Crippen molar-refractivity contribution in [2.75, 3.05) is 6.54 Å². The molecule has 154 valence electrons. The summed E-state index contributed by atoms with van der Waals surface area (Å²) in [6.45, 7) is 0.354. The number of aliphatic hydroxyl groups is 1. The quantitative estimate of drug-likeness (QED) is 0.808. The Morgan fingerprint density at radius 1 is 1.10 bits per heavy atom. The molecule has 4 rings (SSSR count). The fourth-order valence-corrected chi connectivity index (χ4v) is 4.87. The fraction of sp³-hybridized carbons (Fsp3) is 0.455. The van der Waals surface area contributed by atoms with Crippen LogP contribution in [0.3, 0.4) is 0 Å². The molecule has 2 aliphatic rings. The summed E-state index contributed by atoms with van der Waals surface area (Å²) in [4.78, 5) is 18.2. The van der Waals surface area contributed by atoms with E-state index in [1.165, 1.54) is 6.07 Å². The van der Waals surface area contributed by atoms with Gasteiger partial charge in [-0.1, -0.05) is 43.2 Å². The normalized spacial score (nSPS) is 27.4. The minimum Gasteiger partial charge on any atom is -0.385 e. The largest absolute Gasteiger partial charge is 0.433 e. The van der Waals surface area contributed by atoms with E-state index < -0.39 is 17.5 Å². The van der Waals surface area contributed by atoms with Gasteiger partial charge in [0.2, 0.25) is 0 Å². The van der Waals surface area contributed by atoms with Crippen molar-refractivity contribution in [3.05, 3.63) is 65.5 Å². The highest BCUT2D eigenvalue weighted by Gasteiger charge is 2.50. The molecular weight excluding hydrogens is 381 g/mol. The van der Waals surface area contributed by atoms with E-state index in [0.717, 1.165) is 43.5 Å². The van der Waals surface area contributed by atoms with Crippen LogP contribution in [0, 0.1) is 5.92 Å². The molecule has 1 aromatic carbocycles.